The van der Waals surface area contributed by atoms with Crippen molar-refractivity contribution in [2.75, 3.05) is 17.7 Å². The molecule has 0 saturated carbocycles. The van der Waals surface area contributed by atoms with Crippen molar-refractivity contribution in [2.45, 2.75) is 0 Å². The SMILES string of the molecule is CN(c1ccc(Oc2ccc(N)cc2F)cc1)c1cccnc1. The first-order valence-corrected chi connectivity index (χ1v) is 7.10. The van der Waals surface area contributed by atoms with E-state index in [4.69, 9.17) is 10.5 Å². The molecule has 3 aromatic rings. The second-order valence-electron chi connectivity index (χ2n) is 5.06. The minimum absolute atomic E-state index is 0.146. The van der Waals surface area contributed by atoms with Crippen LogP contribution < -0.4 is 15.4 Å². The number of rotatable bonds is 4. The Balaban J connectivity index is 1.77. The molecule has 0 amide bonds. The van der Waals surface area contributed by atoms with E-state index >= 15 is 0 Å². The Morgan fingerprint density at radius 1 is 1.04 bits per heavy atom. The van der Waals surface area contributed by atoms with E-state index in [0.717, 1.165) is 11.4 Å². The first-order valence-electron chi connectivity index (χ1n) is 7.10. The third-order valence-corrected chi connectivity index (χ3v) is 3.44. The number of nitrogens with two attached hydrogens (primary N) is 1. The Hall–Kier alpha value is -3.08. The maximum atomic E-state index is 13.7. The van der Waals surface area contributed by atoms with E-state index in [1.165, 1.54) is 12.1 Å². The highest BCUT2D eigenvalue weighted by Gasteiger charge is 2.07. The summed E-state index contributed by atoms with van der Waals surface area (Å²) in [7, 11) is 1.95. The summed E-state index contributed by atoms with van der Waals surface area (Å²) in [6.45, 7) is 0. The summed E-state index contributed by atoms with van der Waals surface area (Å²) in [5, 5.41) is 0. The molecule has 1 aromatic heterocycles. The minimum atomic E-state index is -0.485. The number of ether oxygens (including phenoxy) is 1. The van der Waals surface area contributed by atoms with Crippen LogP contribution in [0.3, 0.4) is 0 Å². The molecule has 0 aliphatic heterocycles. The zero-order valence-corrected chi connectivity index (χ0v) is 12.6. The van der Waals surface area contributed by atoms with Crippen LogP contribution in [0, 0.1) is 5.82 Å². The lowest BCUT2D eigenvalue weighted by Crippen LogP contribution is -2.09. The Morgan fingerprint density at radius 3 is 2.48 bits per heavy atom. The molecule has 2 N–H and O–H groups in total. The van der Waals surface area contributed by atoms with Crippen molar-refractivity contribution < 1.29 is 9.13 Å². The third kappa shape index (κ3) is 3.40. The van der Waals surface area contributed by atoms with Gasteiger partial charge in [0.2, 0.25) is 0 Å². The lowest BCUT2D eigenvalue weighted by atomic mass is 10.2. The largest absolute Gasteiger partial charge is 0.454 e. The number of halogens is 1. The van der Waals surface area contributed by atoms with Crippen LogP contribution in [0.15, 0.2) is 67.0 Å². The number of hydrogen-bond donors (Lipinski definition) is 1. The molecular formula is C18H16FN3O. The predicted octanol–water partition coefficient (Wildman–Crippen LogP) is 4.36. The number of nitrogen functional groups attached to an aromatic ring is 1. The molecule has 2 aromatic carbocycles. The molecule has 0 aliphatic rings. The first kappa shape index (κ1) is 14.8. The van der Waals surface area contributed by atoms with Gasteiger partial charge in [0, 0.05) is 30.7 Å². The van der Waals surface area contributed by atoms with E-state index in [9.17, 15) is 4.39 Å². The Labute approximate surface area is 134 Å². The molecule has 0 fully saturated rings. The standard InChI is InChI=1S/C18H16FN3O/c1-22(15-3-2-10-21-12-15)14-5-7-16(8-6-14)23-18-9-4-13(20)11-17(18)19/h2-12H,20H2,1H3. The van der Waals surface area contributed by atoms with Gasteiger partial charge in [-0.2, -0.15) is 0 Å². The second-order valence-corrected chi connectivity index (χ2v) is 5.06. The highest BCUT2D eigenvalue weighted by Crippen LogP contribution is 2.29. The lowest BCUT2D eigenvalue weighted by Gasteiger charge is -2.19. The van der Waals surface area contributed by atoms with Crippen LogP contribution >= 0.6 is 0 Å². The van der Waals surface area contributed by atoms with E-state index in [0.29, 0.717) is 11.4 Å². The molecule has 0 saturated heterocycles. The van der Waals surface area contributed by atoms with Crippen LogP contribution in [0.25, 0.3) is 0 Å². The number of nitrogens with zero attached hydrogens (tertiary/aromatic N) is 2. The van der Waals surface area contributed by atoms with E-state index in [1.807, 2.05) is 36.2 Å². The summed E-state index contributed by atoms with van der Waals surface area (Å²) in [5.74, 6) is 0.214. The van der Waals surface area contributed by atoms with Gasteiger partial charge in [-0.05, 0) is 48.5 Å². The number of anilines is 3. The summed E-state index contributed by atoms with van der Waals surface area (Å²) < 4.78 is 19.3. The average molecular weight is 309 g/mol. The molecular weight excluding hydrogens is 293 g/mol. The van der Waals surface area contributed by atoms with Gasteiger partial charge in [-0.25, -0.2) is 4.39 Å². The number of hydrogen-bond acceptors (Lipinski definition) is 4. The van der Waals surface area contributed by atoms with Crippen molar-refractivity contribution in [2.24, 2.45) is 0 Å². The topological polar surface area (TPSA) is 51.4 Å². The van der Waals surface area contributed by atoms with E-state index < -0.39 is 5.82 Å². The quantitative estimate of drug-likeness (QED) is 0.727. The van der Waals surface area contributed by atoms with Crippen molar-refractivity contribution in [3.8, 4) is 11.5 Å². The molecule has 0 spiro atoms. The normalized spacial score (nSPS) is 10.3. The molecule has 0 radical (unpaired) electrons. The molecule has 116 valence electrons. The Morgan fingerprint density at radius 2 is 1.83 bits per heavy atom. The monoisotopic (exact) mass is 309 g/mol. The van der Waals surface area contributed by atoms with Crippen LogP contribution in [0.4, 0.5) is 21.5 Å². The summed E-state index contributed by atoms with van der Waals surface area (Å²) in [4.78, 5) is 6.10. The van der Waals surface area contributed by atoms with Crippen LogP contribution in [-0.2, 0) is 0 Å². The van der Waals surface area contributed by atoms with Crippen molar-refractivity contribution in [3.05, 3.63) is 72.8 Å². The van der Waals surface area contributed by atoms with Gasteiger partial charge in [-0.3, -0.25) is 4.98 Å². The Bertz CT molecular complexity index is 791. The summed E-state index contributed by atoms with van der Waals surface area (Å²) in [5.41, 5.74) is 7.84. The lowest BCUT2D eigenvalue weighted by molar-refractivity contribution is 0.442. The van der Waals surface area contributed by atoms with Crippen LogP contribution in [0.1, 0.15) is 0 Å². The van der Waals surface area contributed by atoms with E-state index in [2.05, 4.69) is 4.98 Å². The highest BCUT2D eigenvalue weighted by atomic mass is 19.1. The Kier molecular flexibility index (Phi) is 4.10. The van der Waals surface area contributed by atoms with Crippen molar-refractivity contribution in [1.82, 2.24) is 4.98 Å². The van der Waals surface area contributed by atoms with Crippen molar-refractivity contribution >= 4 is 17.1 Å². The number of aromatic nitrogens is 1. The molecule has 0 aliphatic carbocycles. The summed E-state index contributed by atoms with van der Waals surface area (Å²) >= 11 is 0. The highest BCUT2D eigenvalue weighted by molar-refractivity contribution is 5.62. The van der Waals surface area contributed by atoms with Crippen LogP contribution in [-0.4, -0.2) is 12.0 Å². The number of benzene rings is 2. The molecule has 4 nitrogen and oxygen atoms in total. The van der Waals surface area contributed by atoms with Crippen LogP contribution in [0.2, 0.25) is 0 Å². The fraction of sp³-hybridized carbons (Fsp3) is 0.0556. The molecule has 3 rings (SSSR count). The van der Waals surface area contributed by atoms with Gasteiger partial charge in [0.05, 0.1) is 11.9 Å². The van der Waals surface area contributed by atoms with Gasteiger partial charge in [-0.1, -0.05) is 0 Å². The predicted molar refractivity (Wildman–Crippen MR) is 89.6 cm³/mol. The molecule has 23 heavy (non-hydrogen) atoms. The maximum absolute atomic E-state index is 13.7. The fourth-order valence-electron chi connectivity index (χ4n) is 2.17. The van der Waals surface area contributed by atoms with Gasteiger partial charge in [0.25, 0.3) is 0 Å². The zero-order chi connectivity index (χ0) is 16.2. The molecule has 1 heterocycles. The van der Waals surface area contributed by atoms with Gasteiger partial charge in [0.15, 0.2) is 11.6 Å². The van der Waals surface area contributed by atoms with E-state index in [-0.39, 0.29) is 5.75 Å². The smallest absolute Gasteiger partial charge is 0.167 e. The fourth-order valence-corrected chi connectivity index (χ4v) is 2.17. The summed E-state index contributed by atoms with van der Waals surface area (Å²) in [6.07, 6.45) is 3.52. The van der Waals surface area contributed by atoms with Gasteiger partial charge < -0.3 is 15.4 Å². The van der Waals surface area contributed by atoms with Crippen molar-refractivity contribution in [3.63, 3.8) is 0 Å². The molecule has 5 heteroatoms. The van der Waals surface area contributed by atoms with E-state index in [1.54, 1.807) is 30.6 Å². The summed E-state index contributed by atoms with van der Waals surface area (Å²) in [6, 6.07) is 15.6. The molecule has 0 unspecified atom stereocenters. The van der Waals surface area contributed by atoms with Gasteiger partial charge in [0.1, 0.15) is 5.75 Å². The average Bonchev–Trinajstić information content (AvgIpc) is 2.58. The first-order chi connectivity index (χ1) is 11.1. The molecule has 0 bridgehead atoms. The molecule has 0 atom stereocenters. The second kappa shape index (κ2) is 6.36. The maximum Gasteiger partial charge on any atom is 0.167 e. The minimum Gasteiger partial charge on any atom is -0.454 e. The number of pyridine rings is 1. The zero-order valence-electron chi connectivity index (χ0n) is 12.6. The van der Waals surface area contributed by atoms with Gasteiger partial charge >= 0.3 is 0 Å². The van der Waals surface area contributed by atoms with Crippen LogP contribution in [0.5, 0.6) is 11.5 Å². The van der Waals surface area contributed by atoms with Gasteiger partial charge in [-0.15, -0.1) is 0 Å². The van der Waals surface area contributed by atoms with Crippen molar-refractivity contribution in [1.29, 1.82) is 0 Å². The third-order valence-electron chi connectivity index (χ3n) is 3.44.